The molecule has 0 spiro atoms. The lowest BCUT2D eigenvalue weighted by molar-refractivity contribution is 0.0552. The molecule has 0 radical (unpaired) electrons. The number of carbonyl (C=O) groups is 1. The number of hydrogen-bond donors (Lipinski definition) is 0. The maximum Gasteiger partial charge on any atom is 0.429 e. The maximum absolute atomic E-state index is 12.3. The van der Waals surface area contributed by atoms with E-state index in [-0.39, 0.29) is 11.2 Å². The van der Waals surface area contributed by atoms with Crippen molar-refractivity contribution in [3.05, 3.63) is 27.2 Å². The van der Waals surface area contributed by atoms with Crippen LogP contribution in [-0.4, -0.2) is 37.5 Å². The van der Waals surface area contributed by atoms with Crippen LogP contribution >= 0.6 is 0 Å². The molecule has 22 heavy (non-hydrogen) atoms. The molecule has 0 saturated heterocycles. The first-order chi connectivity index (χ1) is 10.0. The Morgan fingerprint density at radius 3 is 2.36 bits per heavy atom. The van der Waals surface area contributed by atoms with Gasteiger partial charge >= 0.3 is 11.8 Å². The molecule has 0 bridgehead atoms. The standard InChI is InChI=1S/C13H19N5O4/c1-13(2,3)22-12(21)17(6)18-7-14-9-8(18)10(19)16(5)11(20)15(9)4/h7H,1-6H3. The van der Waals surface area contributed by atoms with Crippen molar-refractivity contribution in [3.8, 4) is 0 Å². The second kappa shape index (κ2) is 5.00. The third kappa shape index (κ3) is 2.49. The molecule has 0 fully saturated rings. The second-order valence-electron chi connectivity index (χ2n) is 5.97. The number of ether oxygens (including phenoxy) is 1. The van der Waals surface area contributed by atoms with Gasteiger partial charge in [-0.1, -0.05) is 0 Å². The maximum atomic E-state index is 12.3. The lowest BCUT2D eigenvalue weighted by Gasteiger charge is -2.25. The number of nitrogens with zero attached hydrogens (tertiary/aromatic N) is 5. The van der Waals surface area contributed by atoms with Gasteiger partial charge in [0, 0.05) is 21.1 Å². The number of carbonyl (C=O) groups excluding carboxylic acids is 1. The van der Waals surface area contributed by atoms with Crippen LogP contribution < -0.4 is 16.3 Å². The number of amides is 1. The molecule has 2 aromatic heterocycles. The van der Waals surface area contributed by atoms with Crippen LogP contribution in [0.5, 0.6) is 0 Å². The minimum atomic E-state index is -0.667. The third-order valence-electron chi connectivity index (χ3n) is 3.11. The van der Waals surface area contributed by atoms with Crippen molar-refractivity contribution in [3.63, 3.8) is 0 Å². The summed E-state index contributed by atoms with van der Waals surface area (Å²) in [7, 11) is 4.34. The lowest BCUT2D eigenvalue weighted by atomic mass is 10.2. The van der Waals surface area contributed by atoms with Gasteiger partial charge in [-0.25, -0.2) is 24.3 Å². The Bertz CT molecular complexity index is 852. The summed E-state index contributed by atoms with van der Waals surface area (Å²) in [6, 6.07) is 0. The fraction of sp³-hybridized carbons (Fsp3) is 0.538. The summed E-state index contributed by atoms with van der Waals surface area (Å²) in [5, 5.41) is 1.13. The Labute approximate surface area is 126 Å². The van der Waals surface area contributed by atoms with Crippen molar-refractivity contribution >= 4 is 17.3 Å². The summed E-state index contributed by atoms with van der Waals surface area (Å²) in [6.07, 6.45) is 0.665. The summed E-state index contributed by atoms with van der Waals surface area (Å²) < 4.78 is 8.73. The Kier molecular flexibility index (Phi) is 3.59. The number of aryl methyl sites for hydroxylation is 1. The van der Waals surface area contributed by atoms with Crippen molar-refractivity contribution in [1.82, 2.24) is 18.8 Å². The van der Waals surface area contributed by atoms with E-state index in [4.69, 9.17) is 4.74 Å². The quantitative estimate of drug-likeness (QED) is 0.736. The number of hydrogen-bond acceptors (Lipinski definition) is 5. The molecular formula is C13H19N5O4. The van der Waals surface area contributed by atoms with Crippen LogP contribution in [0.15, 0.2) is 15.9 Å². The Balaban J connectivity index is 2.61. The van der Waals surface area contributed by atoms with Gasteiger partial charge in [0.05, 0.1) is 0 Å². The smallest absolute Gasteiger partial charge is 0.429 e. The summed E-state index contributed by atoms with van der Waals surface area (Å²) in [6.45, 7) is 5.23. The number of aromatic nitrogens is 4. The molecule has 2 rings (SSSR count). The lowest BCUT2D eigenvalue weighted by Crippen LogP contribution is -2.43. The van der Waals surface area contributed by atoms with E-state index < -0.39 is 22.9 Å². The van der Waals surface area contributed by atoms with Crippen LogP contribution in [-0.2, 0) is 18.8 Å². The van der Waals surface area contributed by atoms with Gasteiger partial charge in [0.1, 0.15) is 11.9 Å². The molecule has 1 amide bonds. The number of rotatable bonds is 1. The van der Waals surface area contributed by atoms with Crippen LogP contribution in [0.1, 0.15) is 20.8 Å². The predicted molar refractivity (Wildman–Crippen MR) is 80.6 cm³/mol. The molecule has 0 aliphatic rings. The first-order valence-corrected chi connectivity index (χ1v) is 6.64. The van der Waals surface area contributed by atoms with E-state index in [0.29, 0.717) is 0 Å². The number of imidazole rings is 1. The van der Waals surface area contributed by atoms with Crippen LogP contribution in [0.25, 0.3) is 11.2 Å². The van der Waals surface area contributed by atoms with Crippen LogP contribution in [0.2, 0.25) is 0 Å². The van der Waals surface area contributed by atoms with Gasteiger partial charge in [0.2, 0.25) is 0 Å². The fourth-order valence-corrected chi connectivity index (χ4v) is 1.97. The van der Waals surface area contributed by atoms with Crippen molar-refractivity contribution < 1.29 is 9.53 Å². The van der Waals surface area contributed by atoms with E-state index in [9.17, 15) is 14.4 Å². The Morgan fingerprint density at radius 2 is 1.82 bits per heavy atom. The molecule has 2 aromatic rings. The highest BCUT2D eigenvalue weighted by Crippen LogP contribution is 2.11. The highest BCUT2D eigenvalue weighted by Gasteiger charge is 2.24. The molecular weight excluding hydrogens is 290 g/mol. The van der Waals surface area contributed by atoms with E-state index in [1.807, 2.05) is 0 Å². The molecule has 2 heterocycles. The van der Waals surface area contributed by atoms with E-state index in [2.05, 4.69) is 4.98 Å². The average molecular weight is 309 g/mol. The number of fused-ring (bicyclic) bond motifs is 1. The summed E-state index contributed by atoms with van der Waals surface area (Å²) in [5.41, 5.74) is -1.37. The van der Waals surface area contributed by atoms with Crippen molar-refractivity contribution in [1.29, 1.82) is 0 Å². The molecule has 0 aliphatic heterocycles. The molecule has 9 heteroatoms. The van der Waals surface area contributed by atoms with Gasteiger partial charge in [-0.15, -0.1) is 0 Å². The first kappa shape index (κ1) is 15.8. The SMILES string of the molecule is CN(C(=O)OC(C)(C)C)n1cnc2c1c(=O)n(C)c(=O)n2C. The van der Waals surface area contributed by atoms with Gasteiger partial charge in [-0.3, -0.25) is 13.9 Å². The topological polar surface area (TPSA) is 91.4 Å². The minimum absolute atomic E-state index is 0.123. The summed E-state index contributed by atoms with van der Waals surface area (Å²) in [4.78, 5) is 40.4. The van der Waals surface area contributed by atoms with E-state index >= 15 is 0 Å². The monoisotopic (exact) mass is 309 g/mol. The highest BCUT2D eigenvalue weighted by atomic mass is 16.6. The van der Waals surface area contributed by atoms with Gasteiger partial charge in [0.25, 0.3) is 5.56 Å². The summed E-state index contributed by atoms with van der Waals surface area (Å²) in [5.74, 6) is 0. The minimum Gasteiger partial charge on any atom is -0.442 e. The fourth-order valence-electron chi connectivity index (χ4n) is 1.97. The average Bonchev–Trinajstić information content (AvgIpc) is 2.84. The highest BCUT2D eigenvalue weighted by molar-refractivity contribution is 5.81. The second-order valence-corrected chi connectivity index (χ2v) is 5.97. The third-order valence-corrected chi connectivity index (χ3v) is 3.11. The molecule has 120 valence electrons. The van der Waals surface area contributed by atoms with Gasteiger partial charge in [-0.2, -0.15) is 0 Å². The zero-order chi connectivity index (χ0) is 16.8. The molecule has 0 aliphatic carbocycles. The van der Waals surface area contributed by atoms with E-state index in [0.717, 1.165) is 9.58 Å². The van der Waals surface area contributed by atoms with Gasteiger partial charge in [-0.05, 0) is 20.8 Å². The molecule has 9 nitrogen and oxygen atoms in total. The van der Waals surface area contributed by atoms with Crippen LogP contribution in [0.4, 0.5) is 4.79 Å². The molecule has 0 aromatic carbocycles. The van der Waals surface area contributed by atoms with Gasteiger partial charge in [0.15, 0.2) is 11.2 Å². The summed E-state index contributed by atoms with van der Waals surface area (Å²) >= 11 is 0. The normalized spacial score (nSPS) is 11.7. The predicted octanol–water partition coefficient (Wildman–Crippen LogP) is -0.0634. The Morgan fingerprint density at radius 1 is 1.23 bits per heavy atom. The van der Waals surface area contributed by atoms with Crippen LogP contribution in [0.3, 0.4) is 0 Å². The first-order valence-electron chi connectivity index (χ1n) is 6.64. The zero-order valence-electron chi connectivity index (χ0n) is 13.4. The van der Waals surface area contributed by atoms with Crippen molar-refractivity contribution in [2.24, 2.45) is 14.1 Å². The molecule has 0 unspecified atom stereocenters. The van der Waals surface area contributed by atoms with Gasteiger partial charge < -0.3 is 4.74 Å². The molecule has 0 saturated carbocycles. The van der Waals surface area contributed by atoms with Crippen molar-refractivity contribution in [2.75, 3.05) is 12.1 Å². The van der Waals surface area contributed by atoms with Crippen molar-refractivity contribution in [2.45, 2.75) is 26.4 Å². The van der Waals surface area contributed by atoms with Crippen LogP contribution in [0, 0.1) is 0 Å². The van der Waals surface area contributed by atoms with E-state index in [1.165, 1.54) is 36.7 Å². The largest absolute Gasteiger partial charge is 0.442 e. The molecule has 0 N–H and O–H groups in total. The van der Waals surface area contributed by atoms with E-state index in [1.54, 1.807) is 20.8 Å². The zero-order valence-corrected chi connectivity index (χ0v) is 13.4. The molecule has 0 atom stereocenters. The Hall–Kier alpha value is -2.58.